The maximum Gasteiger partial charge on any atom is 0.332 e. The number of piperidine rings is 1. The number of benzene rings is 1. The zero-order valence-electron chi connectivity index (χ0n) is 18.4. The summed E-state index contributed by atoms with van der Waals surface area (Å²) in [6, 6.07) is 7.12. The van der Waals surface area contributed by atoms with E-state index in [0.29, 0.717) is 18.8 Å². The molecule has 10 heteroatoms. The first-order valence-electron chi connectivity index (χ1n) is 10.7. The molecule has 1 aliphatic rings. The summed E-state index contributed by atoms with van der Waals surface area (Å²) >= 11 is 0. The monoisotopic (exact) mass is 453 g/mol. The Balaban J connectivity index is 1.80. The lowest BCUT2D eigenvalue weighted by molar-refractivity contribution is -0.116. The molecule has 1 aliphatic heterocycles. The number of para-hydroxylation sites is 1. The quantitative estimate of drug-likeness (QED) is 0.649. The number of carbonyl (C=O) groups is 2. The Morgan fingerprint density at radius 2 is 1.82 bits per heavy atom. The van der Waals surface area contributed by atoms with E-state index in [1.54, 1.807) is 17.9 Å². The molecule has 0 saturated carbocycles. The van der Waals surface area contributed by atoms with Crippen molar-refractivity contribution in [2.24, 2.45) is 7.05 Å². The van der Waals surface area contributed by atoms with Gasteiger partial charge in [0.25, 0.3) is 11.5 Å². The molecule has 1 saturated heterocycles. The number of hydrogen-bond acceptors (Lipinski definition) is 5. The topological polar surface area (TPSA) is 106 Å². The maximum absolute atomic E-state index is 13.9. The third-order valence-electron chi connectivity index (χ3n) is 5.75. The average molecular weight is 453 g/mol. The third kappa shape index (κ3) is 4.28. The zero-order chi connectivity index (χ0) is 23.7. The van der Waals surface area contributed by atoms with Crippen LogP contribution < -0.4 is 16.6 Å². The standard InChI is InChI=1S/C23H24FN5O4/c1-14-12-15(21(31)28-10-6-3-7-11-28)19-20(25-14)27(2)23(33)29(22(19)32)13-18(30)26-17-9-5-4-8-16(17)24/h4-5,8-9,12H,3,6-7,10-11,13H2,1-2H3,(H,26,30). The van der Waals surface area contributed by atoms with Gasteiger partial charge in [-0.15, -0.1) is 0 Å². The summed E-state index contributed by atoms with van der Waals surface area (Å²) in [6.45, 7) is 2.23. The molecule has 1 N–H and O–H groups in total. The van der Waals surface area contributed by atoms with Gasteiger partial charge in [-0.25, -0.2) is 14.2 Å². The van der Waals surface area contributed by atoms with Crippen LogP contribution in [0.15, 0.2) is 39.9 Å². The number of pyridine rings is 1. The van der Waals surface area contributed by atoms with Gasteiger partial charge in [-0.05, 0) is 44.4 Å². The first kappa shape index (κ1) is 22.4. The Morgan fingerprint density at radius 1 is 1.12 bits per heavy atom. The molecule has 33 heavy (non-hydrogen) atoms. The largest absolute Gasteiger partial charge is 0.339 e. The summed E-state index contributed by atoms with van der Waals surface area (Å²) in [6.07, 6.45) is 2.80. The number of nitrogens with zero attached hydrogens (tertiary/aromatic N) is 4. The Kier molecular flexibility index (Phi) is 6.08. The zero-order valence-corrected chi connectivity index (χ0v) is 18.4. The van der Waals surface area contributed by atoms with Gasteiger partial charge in [0.1, 0.15) is 18.0 Å². The minimum Gasteiger partial charge on any atom is -0.339 e. The molecule has 9 nitrogen and oxygen atoms in total. The lowest BCUT2D eigenvalue weighted by atomic mass is 10.1. The number of nitrogens with one attached hydrogen (secondary N) is 1. The molecule has 0 aliphatic carbocycles. The van der Waals surface area contributed by atoms with Gasteiger partial charge in [0.05, 0.1) is 16.6 Å². The molecule has 4 rings (SSSR count). The summed E-state index contributed by atoms with van der Waals surface area (Å²) in [7, 11) is 1.43. The van der Waals surface area contributed by atoms with E-state index in [1.807, 2.05) is 0 Å². The number of halogens is 1. The second kappa shape index (κ2) is 8.97. The second-order valence-electron chi connectivity index (χ2n) is 8.12. The summed E-state index contributed by atoms with van der Waals surface area (Å²) in [4.78, 5) is 58.1. The molecule has 172 valence electrons. The van der Waals surface area contributed by atoms with Crippen LogP contribution >= 0.6 is 0 Å². The van der Waals surface area contributed by atoms with Crippen molar-refractivity contribution in [3.05, 3.63) is 68.2 Å². The van der Waals surface area contributed by atoms with Crippen LogP contribution in [0.1, 0.15) is 35.3 Å². The average Bonchev–Trinajstić information content (AvgIpc) is 2.81. The van der Waals surface area contributed by atoms with Gasteiger partial charge in [-0.2, -0.15) is 0 Å². The van der Waals surface area contributed by atoms with Crippen molar-refractivity contribution >= 4 is 28.5 Å². The fraction of sp³-hybridized carbons (Fsp3) is 0.348. The summed E-state index contributed by atoms with van der Waals surface area (Å²) in [5.41, 5.74) is -0.881. The van der Waals surface area contributed by atoms with Crippen LogP contribution in [0.2, 0.25) is 0 Å². The van der Waals surface area contributed by atoms with E-state index in [1.165, 1.54) is 31.3 Å². The summed E-state index contributed by atoms with van der Waals surface area (Å²) < 4.78 is 15.8. The van der Waals surface area contributed by atoms with Crippen molar-refractivity contribution < 1.29 is 14.0 Å². The van der Waals surface area contributed by atoms with E-state index in [2.05, 4.69) is 10.3 Å². The Bertz CT molecular complexity index is 1370. The molecule has 3 heterocycles. The lowest BCUT2D eigenvalue weighted by Crippen LogP contribution is -2.43. The number of rotatable bonds is 4. The maximum atomic E-state index is 13.9. The lowest BCUT2D eigenvalue weighted by Gasteiger charge is -2.27. The highest BCUT2D eigenvalue weighted by Gasteiger charge is 2.25. The molecule has 2 amide bonds. The Hall–Kier alpha value is -3.82. The Morgan fingerprint density at radius 3 is 2.52 bits per heavy atom. The number of likely N-dealkylation sites (tertiary alicyclic amines) is 1. The van der Waals surface area contributed by atoms with Gasteiger partial charge >= 0.3 is 5.69 Å². The fourth-order valence-corrected chi connectivity index (χ4v) is 4.08. The van der Waals surface area contributed by atoms with Gasteiger partial charge < -0.3 is 10.2 Å². The molecule has 2 aromatic heterocycles. The van der Waals surface area contributed by atoms with E-state index < -0.39 is 29.5 Å². The van der Waals surface area contributed by atoms with E-state index in [4.69, 9.17) is 0 Å². The first-order chi connectivity index (χ1) is 15.8. The molecule has 0 atom stereocenters. The molecule has 1 aromatic carbocycles. The highest BCUT2D eigenvalue weighted by molar-refractivity contribution is 6.05. The number of amides is 2. The normalized spacial score (nSPS) is 13.8. The smallest absolute Gasteiger partial charge is 0.332 e. The highest BCUT2D eigenvalue weighted by Crippen LogP contribution is 2.19. The number of hydrogen-bond donors (Lipinski definition) is 1. The minimum atomic E-state index is -0.787. The molecular weight excluding hydrogens is 429 g/mol. The van der Waals surface area contributed by atoms with E-state index in [-0.39, 0.29) is 28.2 Å². The molecule has 1 fully saturated rings. The van der Waals surface area contributed by atoms with Crippen LogP contribution in [0, 0.1) is 12.7 Å². The molecule has 0 unspecified atom stereocenters. The van der Waals surface area contributed by atoms with Crippen molar-refractivity contribution in [3.8, 4) is 0 Å². The summed E-state index contributed by atoms with van der Waals surface area (Å²) in [5.74, 6) is -1.69. The van der Waals surface area contributed by atoms with Crippen LogP contribution in [-0.4, -0.2) is 43.9 Å². The predicted octanol–water partition coefficient (Wildman–Crippen LogP) is 1.81. The van der Waals surface area contributed by atoms with Crippen LogP contribution in [-0.2, 0) is 18.4 Å². The van der Waals surface area contributed by atoms with Crippen molar-refractivity contribution in [1.29, 1.82) is 0 Å². The predicted molar refractivity (Wildman–Crippen MR) is 121 cm³/mol. The van der Waals surface area contributed by atoms with Crippen LogP contribution in [0.5, 0.6) is 0 Å². The number of anilines is 1. The number of carbonyl (C=O) groups excluding carboxylic acids is 2. The molecule has 0 spiro atoms. The van der Waals surface area contributed by atoms with Gasteiger partial charge in [0.15, 0.2) is 0 Å². The van der Waals surface area contributed by atoms with E-state index in [0.717, 1.165) is 28.4 Å². The SMILES string of the molecule is Cc1cc(C(=O)N2CCCCC2)c2c(=O)n(CC(=O)Nc3ccccc3F)c(=O)n(C)c2n1. The van der Waals surface area contributed by atoms with E-state index in [9.17, 15) is 23.6 Å². The van der Waals surface area contributed by atoms with Gasteiger partial charge in [0.2, 0.25) is 5.91 Å². The minimum absolute atomic E-state index is 0.0167. The van der Waals surface area contributed by atoms with Crippen molar-refractivity contribution in [2.75, 3.05) is 18.4 Å². The molecule has 0 bridgehead atoms. The number of aromatic nitrogens is 3. The first-order valence-corrected chi connectivity index (χ1v) is 10.7. The van der Waals surface area contributed by atoms with Crippen LogP contribution in [0.25, 0.3) is 11.0 Å². The Labute approximate surface area is 188 Å². The van der Waals surface area contributed by atoms with Crippen LogP contribution in [0.4, 0.5) is 10.1 Å². The molecular formula is C23H24FN5O4. The van der Waals surface area contributed by atoms with E-state index >= 15 is 0 Å². The van der Waals surface area contributed by atoms with Gasteiger partial charge in [-0.1, -0.05) is 12.1 Å². The second-order valence-corrected chi connectivity index (χ2v) is 8.12. The van der Waals surface area contributed by atoms with Crippen molar-refractivity contribution in [3.63, 3.8) is 0 Å². The highest BCUT2D eigenvalue weighted by atomic mass is 19.1. The van der Waals surface area contributed by atoms with Gasteiger partial charge in [-0.3, -0.25) is 23.5 Å². The van der Waals surface area contributed by atoms with Crippen molar-refractivity contribution in [2.45, 2.75) is 32.7 Å². The fourth-order valence-electron chi connectivity index (χ4n) is 4.08. The van der Waals surface area contributed by atoms with Crippen LogP contribution in [0.3, 0.4) is 0 Å². The molecule has 3 aromatic rings. The summed E-state index contributed by atoms with van der Waals surface area (Å²) in [5, 5.41) is 2.35. The van der Waals surface area contributed by atoms with Crippen molar-refractivity contribution in [1.82, 2.24) is 19.0 Å². The number of fused-ring (bicyclic) bond motifs is 1. The molecule has 0 radical (unpaired) electrons. The number of aryl methyl sites for hydroxylation is 2. The van der Waals surface area contributed by atoms with Gasteiger partial charge in [0, 0.05) is 25.8 Å². The third-order valence-corrected chi connectivity index (χ3v) is 5.75.